The van der Waals surface area contributed by atoms with Crippen molar-refractivity contribution in [2.24, 2.45) is 5.92 Å². The molecule has 1 saturated heterocycles. The van der Waals surface area contributed by atoms with Crippen LogP contribution in [0, 0.1) is 5.92 Å². The van der Waals surface area contributed by atoms with Crippen LogP contribution < -0.4 is 10.6 Å². The van der Waals surface area contributed by atoms with Crippen LogP contribution in [0.4, 0.5) is 5.69 Å². The number of hydrogen-bond donors (Lipinski definition) is 2. The molecular formula is C21H27N3O4S2. The van der Waals surface area contributed by atoms with Crippen molar-refractivity contribution in [3.05, 3.63) is 47.3 Å². The summed E-state index contributed by atoms with van der Waals surface area (Å²) in [5, 5.41) is 7.52. The fourth-order valence-electron chi connectivity index (χ4n) is 3.32. The zero-order valence-corrected chi connectivity index (χ0v) is 18.8. The molecule has 1 aromatic carbocycles. The van der Waals surface area contributed by atoms with Crippen LogP contribution in [0.1, 0.15) is 43.5 Å². The van der Waals surface area contributed by atoms with Crippen LogP contribution in [-0.2, 0) is 14.8 Å². The summed E-state index contributed by atoms with van der Waals surface area (Å²) in [7, 11) is -3.49. The lowest BCUT2D eigenvalue weighted by atomic mass is 9.97. The zero-order valence-electron chi connectivity index (χ0n) is 17.1. The number of para-hydroxylation sites is 1. The van der Waals surface area contributed by atoms with E-state index in [1.54, 1.807) is 41.8 Å². The van der Waals surface area contributed by atoms with Crippen LogP contribution in [0.3, 0.4) is 0 Å². The van der Waals surface area contributed by atoms with Crippen molar-refractivity contribution in [3.8, 4) is 0 Å². The van der Waals surface area contributed by atoms with Crippen LogP contribution >= 0.6 is 11.3 Å². The van der Waals surface area contributed by atoms with Gasteiger partial charge in [-0.2, -0.15) is 4.31 Å². The van der Waals surface area contributed by atoms with Gasteiger partial charge < -0.3 is 10.6 Å². The Morgan fingerprint density at radius 1 is 1.17 bits per heavy atom. The van der Waals surface area contributed by atoms with E-state index in [9.17, 15) is 18.0 Å². The minimum atomic E-state index is -3.49. The lowest BCUT2D eigenvalue weighted by molar-refractivity contribution is -0.120. The largest absolute Gasteiger partial charge is 0.350 e. The highest BCUT2D eigenvalue weighted by molar-refractivity contribution is 7.91. The van der Waals surface area contributed by atoms with Gasteiger partial charge in [-0.05, 0) is 49.8 Å². The molecule has 1 aliphatic heterocycles. The third-order valence-electron chi connectivity index (χ3n) is 5.33. The molecule has 162 valence electrons. The SMILES string of the molecule is CC[C@@H](C)NC(=O)c1ccccc1NC(=O)C1CCN(S(=O)(=O)c2cccs2)CC1. The first kappa shape index (κ1) is 22.5. The van der Waals surface area contributed by atoms with Gasteiger partial charge in [0.05, 0.1) is 11.3 Å². The van der Waals surface area contributed by atoms with Gasteiger partial charge in [0.1, 0.15) is 4.21 Å². The van der Waals surface area contributed by atoms with Crippen molar-refractivity contribution in [2.45, 2.75) is 43.4 Å². The molecule has 30 heavy (non-hydrogen) atoms. The molecule has 2 amide bonds. The summed E-state index contributed by atoms with van der Waals surface area (Å²) in [6.45, 7) is 4.52. The van der Waals surface area contributed by atoms with E-state index < -0.39 is 10.0 Å². The second-order valence-corrected chi connectivity index (χ2v) is 10.5. The third kappa shape index (κ3) is 5.08. The van der Waals surface area contributed by atoms with E-state index in [-0.39, 0.29) is 23.8 Å². The molecule has 9 heteroatoms. The van der Waals surface area contributed by atoms with Gasteiger partial charge in [0, 0.05) is 25.0 Å². The minimum Gasteiger partial charge on any atom is -0.350 e. The molecule has 0 saturated carbocycles. The second-order valence-electron chi connectivity index (χ2n) is 7.43. The number of amides is 2. The number of piperidine rings is 1. The van der Waals surface area contributed by atoms with Crippen LogP contribution in [0.2, 0.25) is 0 Å². The van der Waals surface area contributed by atoms with Gasteiger partial charge >= 0.3 is 0 Å². The van der Waals surface area contributed by atoms with Gasteiger partial charge in [-0.3, -0.25) is 9.59 Å². The monoisotopic (exact) mass is 449 g/mol. The molecule has 2 heterocycles. The van der Waals surface area contributed by atoms with Crippen molar-refractivity contribution in [3.63, 3.8) is 0 Å². The molecule has 0 unspecified atom stereocenters. The highest BCUT2D eigenvalue weighted by Gasteiger charge is 2.32. The van der Waals surface area contributed by atoms with E-state index in [1.165, 1.54) is 15.6 Å². The summed E-state index contributed by atoms with van der Waals surface area (Å²) in [5.41, 5.74) is 0.890. The number of thiophene rings is 1. The molecular weight excluding hydrogens is 422 g/mol. The molecule has 0 aliphatic carbocycles. The average molecular weight is 450 g/mol. The first-order chi connectivity index (χ1) is 14.3. The fraction of sp³-hybridized carbons (Fsp3) is 0.429. The highest BCUT2D eigenvalue weighted by atomic mass is 32.2. The minimum absolute atomic E-state index is 0.0379. The molecule has 1 aliphatic rings. The maximum atomic E-state index is 12.8. The number of anilines is 1. The Balaban J connectivity index is 1.62. The Morgan fingerprint density at radius 2 is 1.87 bits per heavy atom. The first-order valence-electron chi connectivity index (χ1n) is 10.1. The predicted octanol–water partition coefficient (Wildman–Crippen LogP) is 3.32. The lowest BCUT2D eigenvalue weighted by Crippen LogP contribution is -2.41. The normalized spacial score (nSPS) is 16.7. The maximum Gasteiger partial charge on any atom is 0.253 e. The van der Waals surface area contributed by atoms with Crippen LogP contribution in [-0.4, -0.2) is 43.7 Å². The van der Waals surface area contributed by atoms with E-state index in [1.807, 2.05) is 13.8 Å². The Hall–Kier alpha value is -2.23. The van der Waals surface area contributed by atoms with Crippen molar-refractivity contribution in [1.29, 1.82) is 0 Å². The number of carbonyl (C=O) groups is 2. The Morgan fingerprint density at radius 3 is 2.50 bits per heavy atom. The summed E-state index contributed by atoms with van der Waals surface area (Å²) in [6.07, 6.45) is 1.70. The number of nitrogens with one attached hydrogen (secondary N) is 2. The topological polar surface area (TPSA) is 95.6 Å². The predicted molar refractivity (Wildman–Crippen MR) is 118 cm³/mol. The van der Waals surface area contributed by atoms with Crippen molar-refractivity contribution in [2.75, 3.05) is 18.4 Å². The molecule has 2 N–H and O–H groups in total. The second kappa shape index (κ2) is 9.72. The number of hydrogen-bond acceptors (Lipinski definition) is 5. The molecule has 2 aromatic rings. The van der Waals surface area contributed by atoms with E-state index in [0.717, 1.165) is 6.42 Å². The molecule has 1 atom stereocenters. The summed E-state index contributed by atoms with van der Waals surface area (Å²) in [4.78, 5) is 25.3. The van der Waals surface area contributed by atoms with Crippen molar-refractivity contribution in [1.82, 2.24) is 9.62 Å². The Labute approximate surface area is 181 Å². The summed E-state index contributed by atoms with van der Waals surface area (Å²) in [6, 6.07) is 10.3. The van der Waals surface area contributed by atoms with Crippen LogP contribution in [0.5, 0.6) is 0 Å². The van der Waals surface area contributed by atoms with Gasteiger partial charge in [-0.25, -0.2) is 8.42 Å². The lowest BCUT2D eigenvalue weighted by Gasteiger charge is -2.30. The maximum absolute atomic E-state index is 12.8. The van der Waals surface area contributed by atoms with E-state index >= 15 is 0 Å². The van der Waals surface area contributed by atoms with E-state index in [0.29, 0.717) is 41.4 Å². The molecule has 3 rings (SSSR count). The van der Waals surface area contributed by atoms with Crippen LogP contribution in [0.25, 0.3) is 0 Å². The molecule has 0 bridgehead atoms. The van der Waals surface area contributed by atoms with Gasteiger partial charge in [0.2, 0.25) is 5.91 Å². The van der Waals surface area contributed by atoms with E-state index in [2.05, 4.69) is 10.6 Å². The highest BCUT2D eigenvalue weighted by Crippen LogP contribution is 2.27. The summed E-state index contributed by atoms with van der Waals surface area (Å²) < 4.78 is 27.0. The Kier molecular flexibility index (Phi) is 7.27. The molecule has 0 spiro atoms. The average Bonchev–Trinajstić information content (AvgIpc) is 3.30. The molecule has 7 nitrogen and oxygen atoms in total. The number of nitrogens with zero attached hydrogens (tertiary/aromatic N) is 1. The fourth-order valence-corrected chi connectivity index (χ4v) is 5.94. The summed E-state index contributed by atoms with van der Waals surface area (Å²) in [5.74, 6) is -0.713. The smallest absolute Gasteiger partial charge is 0.253 e. The van der Waals surface area contributed by atoms with Crippen LogP contribution in [0.15, 0.2) is 46.0 Å². The molecule has 1 fully saturated rings. The third-order valence-corrected chi connectivity index (χ3v) is 8.61. The van der Waals surface area contributed by atoms with Gasteiger partial charge in [0.25, 0.3) is 15.9 Å². The Bertz CT molecular complexity index is 981. The number of rotatable bonds is 7. The van der Waals surface area contributed by atoms with Gasteiger partial charge in [-0.1, -0.05) is 25.1 Å². The quantitative estimate of drug-likeness (QED) is 0.678. The molecule has 1 aromatic heterocycles. The number of sulfonamides is 1. The van der Waals surface area contributed by atoms with Crippen molar-refractivity contribution >= 4 is 38.9 Å². The molecule has 0 radical (unpaired) electrons. The van der Waals surface area contributed by atoms with Gasteiger partial charge in [-0.15, -0.1) is 11.3 Å². The first-order valence-corrected chi connectivity index (χ1v) is 12.4. The number of carbonyl (C=O) groups excluding carboxylic acids is 2. The van der Waals surface area contributed by atoms with E-state index in [4.69, 9.17) is 0 Å². The standard InChI is InChI=1S/C21H27N3O4S2/c1-3-15(2)22-21(26)17-7-4-5-8-18(17)23-20(25)16-10-12-24(13-11-16)30(27,28)19-9-6-14-29-19/h4-9,14-16H,3,10-13H2,1-2H3,(H,22,26)(H,23,25)/t15-/m1/s1. The van der Waals surface area contributed by atoms with Gasteiger partial charge in [0.15, 0.2) is 0 Å². The van der Waals surface area contributed by atoms with Crippen molar-refractivity contribution < 1.29 is 18.0 Å². The summed E-state index contributed by atoms with van der Waals surface area (Å²) >= 11 is 1.20. The number of benzene rings is 1. The zero-order chi connectivity index (χ0) is 21.7.